The van der Waals surface area contributed by atoms with E-state index in [1.807, 2.05) is 30.3 Å². The standard InChI is InChI=1S/C28H24F2N6O2/c1-38-26-13-25(33-24-5-3-2-4-22(24)26)28(37)35(15-19-8-9-20(29)12-23(19)30)16-27-34-32-17-36(27)14-18-6-10-21(31)11-7-18/h2-13,17H,14-16,31H2,1H3. The Hall–Kier alpha value is -4.86. The second-order valence-electron chi connectivity index (χ2n) is 8.74. The molecule has 0 radical (unpaired) electrons. The van der Waals surface area contributed by atoms with Crippen LogP contribution in [0.1, 0.15) is 27.4 Å². The molecule has 0 aliphatic rings. The normalized spacial score (nSPS) is 11.0. The molecule has 10 heteroatoms. The van der Waals surface area contributed by atoms with Crippen molar-refractivity contribution in [1.82, 2.24) is 24.6 Å². The van der Waals surface area contributed by atoms with Crippen molar-refractivity contribution >= 4 is 22.5 Å². The fourth-order valence-electron chi connectivity index (χ4n) is 4.16. The molecule has 0 aliphatic carbocycles. The first kappa shape index (κ1) is 24.8. The summed E-state index contributed by atoms with van der Waals surface area (Å²) in [6.45, 7) is 0.301. The lowest BCUT2D eigenvalue weighted by Crippen LogP contribution is -2.32. The monoisotopic (exact) mass is 514 g/mol. The van der Waals surface area contributed by atoms with Gasteiger partial charge in [0.15, 0.2) is 5.82 Å². The zero-order valence-corrected chi connectivity index (χ0v) is 20.5. The van der Waals surface area contributed by atoms with Gasteiger partial charge in [0.1, 0.15) is 29.4 Å². The van der Waals surface area contributed by atoms with Crippen LogP contribution in [0.25, 0.3) is 10.9 Å². The highest BCUT2D eigenvalue weighted by Crippen LogP contribution is 2.26. The second-order valence-corrected chi connectivity index (χ2v) is 8.74. The van der Waals surface area contributed by atoms with Crippen molar-refractivity contribution in [2.75, 3.05) is 12.8 Å². The Balaban J connectivity index is 1.50. The highest BCUT2D eigenvalue weighted by molar-refractivity contribution is 5.97. The highest BCUT2D eigenvalue weighted by Gasteiger charge is 2.23. The fourth-order valence-corrected chi connectivity index (χ4v) is 4.16. The number of hydrogen-bond acceptors (Lipinski definition) is 6. The number of methoxy groups -OCH3 is 1. The minimum atomic E-state index is -0.754. The third-order valence-electron chi connectivity index (χ3n) is 6.14. The van der Waals surface area contributed by atoms with E-state index in [0.717, 1.165) is 23.1 Å². The molecule has 2 aromatic heterocycles. The molecular formula is C28H24F2N6O2. The third kappa shape index (κ3) is 5.29. The number of benzene rings is 3. The van der Waals surface area contributed by atoms with Gasteiger partial charge in [-0.25, -0.2) is 13.8 Å². The summed E-state index contributed by atoms with van der Waals surface area (Å²) in [6, 6.07) is 19.5. The number of carbonyl (C=O) groups is 1. The van der Waals surface area contributed by atoms with Gasteiger partial charge in [0.2, 0.25) is 0 Å². The van der Waals surface area contributed by atoms with Crippen LogP contribution in [-0.4, -0.2) is 37.7 Å². The van der Waals surface area contributed by atoms with Gasteiger partial charge in [-0.15, -0.1) is 10.2 Å². The molecule has 5 rings (SSSR count). The summed E-state index contributed by atoms with van der Waals surface area (Å²) in [5, 5.41) is 8.98. The van der Waals surface area contributed by atoms with Crippen molar-refractivity contribution in [3.63, 3.8) is 0 Å². The van der Waals surface area contributed by atoms with E-state index >= 15 is 0 Å². The van der Waals surface area contributed by atoms with E-state index < -0.39 is 17.5 Å². The summed E-state index contributed by atoms with van der Waals surface area (Å²) < 4.78 is 35.5. The number of para-hydroxylation sites is 1. The molecule has 0 unspecified atom stereocenters. The van der Waals surface area contributed by atoms with Crippen molar-refractivity contribution < 1.29 is 18.3 Å². The highest BCUT2D eigenvalue weighted by atomic mass is 19.1. The molecule has 2 heterocycles. The summed E-state index contributed by atoms with van der Waals surface area (Å²) in [4.78, 5) is 19.7. The topological polar surface area (TPSA) is 99.2 Å². The lowest BCUT2D eigenvalue weighted by atomic mass is 10.1. The van der Waals surface area contributed by atoms with Gasteiger partial charge in [-0.05, 0) is 35.9 Å². The maximum atomic E-state index is 14.6. The average Bonchev–Trinajstić information content (AvgIpc) is 3.36. The molecule has 3 aromatic carbocycles. The number of nitrogen functional groups attached to an aromatic ring is 1. The molecule has 1 amide bonds. The molecule has 0 saturated carbocycles. The fraction of sp³-hybridized carbons (Fsp3) is 0.143. The maximum absolute atomic E-state index is 14.6. The van der Waals surface area contributed by atoms with Crippen LogP contribution in [0.5, 0.6) is 5.75 Å². The molecule has 0 fully saturated rings. The largest absolute Gasteiger partial charge is 0.496 e. The van der Waals surface area contributed by atoms with E-state index in [1.54, 1.807) is 35.2 Å². The molecule has 0 aliphatic heterocycles. The molecule has 8 nitrogen and oxygen atoms in total. The molecule has 0 atom stereocenters. The molecule has 0 bridgehead atoms. The van der Waals surface area contributed by atoms with Gasteiger partial charge in [0.25, 0.3) is 5.91 Å². The summed E-state index contributed by atoms with van der Waals surface area (Å²) in [7, 11) is 1.52. The number of ether oxygens (including phenoxy) is 1. The number of amides is 1. The number of aromatic nitrogens is 4. The summed E-state index contributed by atoms with van der Waals surface area (Å²) in [5.74, 6) is -0.966. The summed E-state index contributed by atoms with van der Waals surface area (Å²) >= 11 is 0. The Bertz CT molecular complexity index is 1600. The van der Waals surface area contributed by atoms with E-state index in [0.29, 0.717) is 29.3 Å². The Morgan fingerprint density at radius 1 is 1.03 bits per heavy atom. The maximum Gasteiger partial charge on any atom is 0.273 e. The van der Waals surface area contributed by atoms with Crippen LogP contribution in [0.4, 0.5) is 14.5 Å². The van der Waals surface area contributed by atoms with Crippen LogP contribution in [0.2, 0.25) is 0 Å². The predicted octanol–water partition coefficient (Wildman–Crippen LogP) is 4.59. The number of hydrogen-bond donors (Lipinski definition) is 1. The number of rotatable bonds is 8. The Morgan fingerprint density at radius 3 is 2.58 bits per heavy atom. The minimum absolute atomic E-state index is 0.00143. The molecule has 38 heavy (non-hydrogen) atoms. The number of halogens is 2. The molecular weight excluding hydrogens is 490 g/mol. The molecule has 2 N–H and O–H groups in total. The summed E-state index contributed by atoms with van der Waals surface area (Å²) in [5.41, 5.74) is 8.25. The van der Waals surface area contributed by atoms with E-state index in [4.69, 9.17) is 10.5 Å². The lowest BCUT2D eigenvalue weighted by molar-refractivity contribution is 0.0716. The van der Waals surface area contributed by atoms with E-state index in [-0.39, 0.29) is 24.3 Å². The van der Waals surface area contributed by atoms with Gasteiger partial charge in [-0.2, -0.15) is 0 Å². The first-order valence-electron chi connectivity index (χ1n) is 11.8. The van der Waals surface area contributed by atoms with Crippen LogP contribution in [0, 0.1) is 11.6 Å². The first-order valence-corrected chi connectivity index (χ1v) is 11.8. The van der Waals surface area contributed by atoms with E-state index in [9.17, 15) is 13.6 Å². The number of fused-ring (bicyclic) bond motifs is 1. The van der Waals surface area contributed by atoms with Gasteiger partial charge < -0.3 is 19.9 Å². The summed E-state index contributed by atoms with van der Waals surface area (Å²) in [6.07, 6.45) is 1.56. The molecule has 0 spiro atoms. The quantitative estimate of drug-likeness (QED) is 0.304. The molecule has 5 aromatic rings. The number of nitrogens with zero attached hydrogens (tertiary/aromatic N) is 5. The van der Waals surface area contributed by atoms with Gasteiger partial charge in [0, 0.05) is 35.3 Å². The molecule has 0 saturated heterocycles. The SMILES string of the molecule is COc1cc(C(=O)N(Cc2ccc(F)cc2F)Cc2nncn2Cc2ccc(N)cc2)nc2ccccc12. The average molecular weight is 515 g/mol. The lowest BCUT2D eigenvalue weighted by Gasteiger charge is -2.23. The van der Waals surface area contributed by atoms with Crippen molar-refractivity contribution in [2.24, 2.45) is 0 Å². The Kier molecular flexibility index (Phi) is 6.94. The van der Waals surface area contributed by atoms with Crippen LogP contribution in [0.15, 0.2) is 79.1 Å². The Morgan fingerprint density at radius 2 is 1.82 bits per heavy atom. The van der Waals surface area contributed by atoms with Gasteiger partial charge in [-0.1, -0.05) is 30.3 Å². The van der Waals surface area contributed by atoms with Crippen LogP contribution in [0.3, 0.4) is 0 Å². The van der Waals surface area contributed by atoms with Crippen LogP contribution in [-0.2, 0) is 19.6 Å². The smallest absolute Gasteiger partial charge is 0.273 e. The van der Waals surface area contributed by atoms with Gasteiger partial charge >= 0.3 is 0 Å². The van der Waals surface area contributed by atoms with Gasteiger partial charge in [0.05, 0.1) is 25.7 Å². The second kappa shape index (κ2) is 10.6. The minimum Gasteiger partial charge on any atom is -0.496 e. The van der Waals surface area contributed by atoms with E-state index in [1.165, 1.54) is 18.1 Å². The van der Waals surface area contributed by atoms with Gasteiger partial charge in [-0.3, -0.25) is 4.79 Å². The number of nitrogens with two attached hydrogens (primary N) is 1. The third-order valence-corrected chi connectivity index (χ3v) is 6.14. The van der Waals surface area contributed by atoms with Crippen molar-refractivity contribution in [3.05, 3.63) is 113 Å². The van der Waals surface area contributed by atoms with E-state index in [2.05, 4.69) is 15.2 Å². The van der Waals surface area contributed by atoms with Crippen molar-refractivity contribution in [3.8, 4) is 5.75 Å². The number of anilines is 1. The Labute approximate surface area is 217 Å². The predicted molar refractivity (Wildman–Crippen MR) is 138 cm³/mol. The van der Waals surface area contributed by atoms with Crippen molar-refractivity contribution in [1.29, 1.82) is 0 Å². The van der Waals surface area contributed by atoms with Crippen molar-refractivity contribution in [2.45, 2.75) is 19.6 Å². The zero-order chi connectivity index (χ0) is 26.6. The van der Waals surface area contributed by atoms with Crippen LogP contribution < -0.4 is 10.5 Å². The van der Waals surface area contributed by atoms with Crippen LogP contribution >= 0.6 is 0 Å². The number of pyridine rings is 1. The first-order chi connectivity index (χ1) is 18.4. The zero-order valence-electron chi connectivity index (χ0n) is 20.5. The number of carbonyl (C=O) groups excluding carboxylic acids is 1. The molecule has 192 valence electrons.